The zero-order valence-corrected chi connectivity index (χ0v) is 7.14. The molecule has 0 N–H and O–H groups in total. The molecule has 10 heavy (non-hydrogen) atoms. The van der Waals surface area contributed by atoms with Gasteiger partial charge in [-0.1, -0.05) is 20.3 Å². The molecule has 0 aromatic rings. The van der Waals surface area contributed by atoms with Crippen molar-refractivity contribution in [3.63, 3.8) is 0 Å². The summed E-state index contributed by atoms with van der Waals surface area (Å²) in [5.74, 6) is 2.83. The summed E-state index contributed by atoms with van der Waals surface area (Å²) >= 11 is 0. The summed E-state index contributed by atoms with van der Waals surface area (Å²) < 4.78 is 0. The molecule has 0 saturated heterocycles. The van der Waals surface area contributed by atoms with Crippen molar-refractivity contribution in [3.8, 4) is 0 Å². The van der Waals surface area contributed by atoms with Gasteiger partial charge in [0, 0.05) is 0 Å². The molecule has 0 bridgehead atoms. The first-order valence-corrected chi connectivity index (χ1v) is 4.29. The van der Waals surface area contributed by atoms with Crippen LogP contribution in [0.5, 0.6) is 0 Å². The van der Waals surface area contributed by atoms with Gasteiger partial charge in [0.1, 0.15) is 0 Å². The largest absolute Gasteiger partial charge is 0.0622 e. The van der Waals surface area contributed by atoms with Crippen molar-refractivity contribution in [2.75, 3.05) is 0 Å². The molecule has 0 amide bonds. The van der Waals surface area contributed by atoms with Gasteiger partial charge in [0.2, 0.25) is 0 Å². The predicted octanol–water partition coefficient (Wildman–Crippen LogP) is 2.95. The van der Waals surface area contributed by atoms with Crippen LogP contribution in [-0.4, -0.2) is 0 Å². The van der Waals surface area contributed by atoms with Gasteiger partial charge in [0.15, 0.2) is 0 Å². The van der Waals surface area contributed by atoms with Crippen LogP contribution in [0.15, 0.2) is 0 Å². The molecule has 1 saturated carbocycles. The van der Waals surface area contributed by atoms with Crippen molar-refractivity contribution in [2.45, 2.75) is 26.7 Å². The van der Waals surface area contributed by atoms with Gasteiger partial charge < -0.3 is 0 Å². The monoisotopic (exact) mass is 138 g/mol. The fourth-order valence-corrected chi connectivity index (χ4v) is 1.81. The summed E-state index contributed by atoms with van der Waals surface area (Å²) in [5, 5.41) is 0. The van der Waals surface area contributed by atoms with Crippen LogP contribution in [0.2, 0.25) is 0 Å². The normalized spacial score (nSPS) is 49.2. The summed E-state index contributed by atoms with van der Waals surface area (Å²) in [6.45, 7) is 12.9. The van der Waals surface area contributed by atoms with Gasteiger partial charge in [0.05, 0.1) is 0 Å². The van der Waals surface area contributed by atoms with E-state index in [0.29, 0.717) is 11.8 Å². The molecule has 0 aromatic heterocycles. The third-order valence-electron chi connectivity index (χ3n) is 3.17. The highest BCUT2D eigenvalue weighted by molar-refractivity contribution is 4.85. The van der Waals surface area contributed by atoms with Crippen molar-refractivity contribution in [1.82, 2.24) is 0 Å². The number of rotatable bonds is 0. The Kier molecular flexibility index (Phi) is 2.38. The molecule has 0 aliphatic heterocycles. The standard InChI is InChI=1S/C10H18/c1-7-5-6-8(2)10(4)9(7)3/h7-10H,1,3,5-6H2,2,4H3. The average Bonchev–Trinajstić information content (AvgIpc) is 1.93. The SMILES string of the molecule is [CH2]C1CCC(C)C(C)C1[CH2]. The fourth-order valence-electron chi connectivity index (χ4n) is 1.81. The summed E-state index contributed by atoms with van der Waals surface area (Å²) in [4.78, 5) is 0. The molecule has 58 valence electrons. The highest BCUT2D eigenvalue weighted by Gasteiger charge is 2.28. The van der Waals surface area contributed by atoms with E-state index in [2.05, 4.69) is 27.7 Å². The highest BCUT2D eigenvalue weighted by Crippen LogP contribution is 2.37. The van der Waals surface area contributed by atoms with E-state index in [0.717, 1.165) is 11.8 Å². The molecule has 1 aliphatic carbocycles. The molecule has 4 unspecified atom stereocenters. The Hall–Kier alpha value is 0. The van der Waals surface area contributed by atoms with Crippen LogP contribution in [0.25, 0.3) is 0 Å². The first-order chi connectivity index (χ1) is 4.63. The minimum absolute atomic E-state index is 0.587. The molecule has 1 aliphatic rings. The summed E-state index contributed by atoms with van der Waals surface area (Å²) in [6.07, 6.45) is 2.63. The van der Waals surface area contributed by atoms with Gasteiger partial charge in [-0.2, -0.15) is 0 Å². The van der Waals surface area contributed by atoms with E-state index in [4.69, 9.17) is 0 Å². The van der Waals surface area contributed by atoms with Crippen LogP contribution in [-0.2, 0) is 0 Å². The van der Waals surface area contributed by atoms with Crippen LogP contribution < -0.4 is 0 Å². The summed E-state index contributed by atoms with van der Waals surface area (Å²) in [7, 11) is 0. The second kappa shape index (κ2) is 2.94. The topological polar surface area (TPSA) is 0 Å². The van der Waals surface area contributed by atoms with E-state index in [-0.39, 0.29) is 0 Å². The maximum Gasteiger partial charge on any atom is -0.0357 e. The molecule has 0 heterocycles. The van der Waals surface area contributed by atoms with E-state index in [1.165, 1.54) is 12.8 Å². The Morgan fingerprint density at radius 1 is 1.10 bits per heavy atom. The second-order valence-corrected chi connectivity index (χ2v) is 3.84. The Labute approximate surface area is 65.0 Å². The van der Waals surface area contributed by atoms with E-state index >= 15 is 0 Å². The van der Waals surface area contributed by atoms with Gasteiger partial charge in [-0.25, -0.2) is 0 Å². The third kappa shape index (κ3) is 1.36. The smallest absolute Gasteiger partial charge is 0.0357 e. The lowest BCUT2D eigenvalue weighted by atomic mass is 9.69. The molecule has 0 nitrogen and oxygen atoms in total. The second-order valence-electron chi connectivity index (χ2n) is 3.84. The molecule has 2 radical (unpaired) electrons. The van der Waals surface area contributed by atoms with E-state index in [9.17, 15) is 0 Å². The summed E-state index contributed by atoms with van der Waals surface area (Å²) in [5.41, 5.74) is 0. The first-order valence-electron chi connectivity index (χ1n) is 4.29. The maximum absolute atomic E-state index is 4.15. The lowest BCUT2D eigenvalue weighted by Gasteiger charge is -2.36. The van der Waals surface area contributed by atoms with Crippen LogP contribution in [0.3, 0.4) is 0 Å². The minimum Gasteiger partial charge on any atom is -0.0622 e. The molecule has 0 heteroatoms. The Balaban J connectivity index is 2.52. The molecular weight excluding hydrogens is 120 g/mol. The zero-order chi connectivity index (χ0) is 7.72. The van der Waals surface area contributed by atoms with E-state index in [1.54, 1.807) is 0 Å². The first kappa shape index (κ1) is 8.10. The quantitative estimate of drug-likeness (QED) is 0.483. The number of hydrogen-bond acceptors (Lipinski definition) is 0. The predicted molar refractivity (Wildman–Crippen MR) is 45.3 cm³/mol. The average molecular weight is 138 g/mol. The lowest BCUT2D eigenvalue weighted by molar-refractivity contribution is 0.172. The van der Waals surface area contributed by atoms with Gasteiger partial charge in [0.25, 0.3) is 0 Å². The fraction of sp³-hybridized carbons (Fsp3) is 0.800. The third-order valence-corrected chi connectivity index (χ3v) is 3.17. The molecular formula is C10H18. The van der Waals surface area contributed by atoms with Gasteiger partial charge in [-0.15, -0.1) is 0 Å². The Morgan fingerprint density at radius 3 is 2.20 bits per heavy atom. The van der Waals surface area contributed by atoms with Gasteiger partial charge in [-0.3, -0.25) is 0 Å². The highest BCUT2D eigenvalue weighted by atomic mass is 14.3. The molecule has 1 rings (SSSR count). The van der Waals surface area contributed by atoms with Crippen molar-refractivity contribution in [3.05, 3.63) is 13.8 Å². The van der Waals surface area contributed by atoms with Crippen molar-refractivity contribution in [2.24, 2.45) is 23.7 Å². The van der Waals surface area contributed by atoms with Gasteiger partial charge >= 0.3 is 0 Å². The van der Waals surface area contributed by atoms with Crippen LogP contribution >= 0.6 is 0 Å². The van der Waals surface area contributed by atoms with Crippen molar-refractivity contribution >= 4 is 0 Å². The minimum atomic E-state index is 0.587. The molecule has 0 aromatic carbocycles. The Morgan fingerprint density at radius 2 is 1.70 bits per heavy atom. The van der Waals surface area contributed by atoms with Crippen molar-refractivity contribution < 1.29 is 0 Å². The van der Waals surface area contributed by atoms with E-state index < -0.39 is 0 Å². The molecule has 0 spiro atoms. The van der Waals surface area contributed by atoms with Crippen LogP contribution in [0.4, 0.5) is 0 Å². The Bertz CT molecular complexity index is 92.6. The van der Waals surface area contributed by atoms with Crippen LogP contribution in [0, 0.1) is 37.5 Å². The van der Waals surface area contributed by atoms with Crippen molar-refractivity contribution in [1.29, 1.82) is 0 Å². The molecule has 1 fully saturated rings. The van der Waals surface area contributed by atoms with E-state index in [1.807, 2.05) is 0 Å². The van der Waals surface area contributed by atoms with Gasteiger partial charge in [-0.05, 0) is 43.9 Å². The zero-order valence-electron chi connectivity index (χ0n) is 7.14. The molecule has 4 atom stereocenters. The lowest BCUT2D eigenvalue weighted by Crippen LogP contribution is -2.28. The maximum atomic E-state index is 4.15. The number of hydrogen-bond donors (Lipinski definition) is 0. The summed E-state index contributed by atoms with van der Waals surface area (Å²) in [6, 6.07) is 0. The van der Waals surface area contributed by atoms with Crippen LogP contribution in [0.1, 0.15) is 26.7 Å².